The molecule has 0 aliphatic carbocycles. The minimum Gasteiger partial charge on any atom is -0.339 e. The smallest absolute Gasteiger partial charge is 0.231 e. The Labute approximate surface area is 96.2 Å². The van der Waals surface area contributed by atoms with Crippen molar-refractivity contribution in [3.8, 4) is 0 Å². The number of piperidine rings is 1. The van der Waals surface area contributed by atoms with E-state index < -0.39 is 0 Å². The van der Waals surface area contributed by atoms with Crippen molar-refractivity contribution in [3.63, 3.8) is 0 Å². The van der Waals surface area contributed by atoms with Crippen LogP contribution in [0.3, 0.4) is 0 Å². The van der Waals surface area contributed by atoms with E-state index in [-0.39, 0.29) is 6.04 Å². The van der Waals surface area contributed by atoms with Gasteiger partial charge < -0.3 is 14.7 Å². The third-order valence-electron chi connectivity index (χ3n) is 3.25. The van der Waals surface area contributed by atoms with Crippen molar-refractivity contribution in [3.05, 3.63) is 11.7 Å². The number of nitrogens with zero attached hydrogens (tertiary/aromatic N) is 3. The molecule has 1 saturated heterocycles. The molecule has 5 nitrogen and oxygen atoms in total. The standard InChI is InChI=1S/C11H20N4O/c1-8(12-2)10-13-11(16-14-10)9-5-4-6-15(3)7-9/h8-9,12H,4-7H2,1-3H3. The average molecular weight is 224 g/mol. The molecule has 1 N–H and O–H groups in total. The van der Waals surface area contributed by atoms with Crippen molar-refractivity contribution in [2.24, 2.45) is 0 Å². The second-order valence-electron chi connectivity index (χ2n) is 4.60. The van der Waals surface area contributed by atoms with Gasteiger partial charge >= 0.3 is 0 Å². The van der Waals surface area contributed by atoms with Crippen molar-refractivity contribution in [2.75, 3.05) is 27.2 Å². The molecule has 1 aliphatic heterocycles. The normalized spacial score (nSPS) is 24.6. The fourth-order valence-corrected chi connectivity index (χ4v) is 2.09. The summed E-state index contributed by atoms with van der Waals surface area (Å²) in [6, 6.07) is 0.152. The van der Waals surface area contributed by atoms with Crippen LogP contribution in [-0.4, -0.2) is 42.2 Å². The summed E-state index contributed by atoms with van der Waals surface area (Å²) in [6.07, 6.45) is 2.36. The summed E-state index contributed by atoms with van der Waals surface area (Å²) < 4.78 is 5.35. The molecule has 0 saturated carbocycles. The maximum atomic E-state index is 5.35. The molecule has 1 aliphatic rings. The summed E-state index contributed by atoms with van der Waals surface area (Å²) in [5, 5.41) is 7.13. The van der Waals surface area contributed by atoms with E-state index in [0.29, 0.717) is 5.92 Å². The molecule has 0 bridgehead atoms. The molecule has 90 valence electrons. The fraction of sp³-hybridized carbons (Fsp3) is 0.818. The van der Waals surface area contributed by atoms with Crippen molar-refractivity contribution in [1.29, 1.82) is 0 Å². The lowest BCUT2D eigenvalue weighted by Crippen LogP contribution is -2.31. The van der Waals surface area contributed by atoms with Crippen molar-refractivity contribution < 1.29 is 4.52 Å². The van der Waals surface area contributed by atoms with Crippen LogP contribution in [0.4, 0.5) is 0 Å². The highest BCUT2D eigenvalue weighted by Gasteiger charge is 2.24. The van der Waals surface area contributed by atoms with E-state index in [4.69, 9.17) is 4.52 Å². The first-order valence-corrected chi connectivity index (χ1v) is 5.90. The van der Waals surface area contributed by atoms with Crippen molar-refractivity contribution >= 4 is 0 Å². The topological polar surface area (TPSA) is 54.2 Å². The third kappa shape index (κ3) is 2.41. The zero-order valence-electron chi connectivity index (χ0n) is 10.2. The second kappa shape index (κ2) is 4.93. The maximum Gasteiger partial charge on any atom is 0.231 e. The number of rotatable bonds is 3. The van der Waals surface area contributed by atoms with Gasteiger partial charge in [0.1, 0.15) is 0 Å². The van der Waals surface area contributed by atoms with Crippen LogP contribution in [0.1, 0.15) is 43.4 Å². The van der Waals surface area contributed by atoms with E-state index in [1.54, 1.807) is 0 Å². The van der Waals surface area contributed by atoms with Gasteiger partial charge in [-0.25, -0.2) is 0 Å². The van der Waals surface area contributed by atoms with Crippen LogP contribution in [0.2, 0.25) is 0 Å². The Morgan fingerprint density at radius 3 is 3.06 bits per heavy atom. The average Bonchev–Trinajstić information content (AvgIpc) is 2.77. The van der Waals surface area contributed by atoms with E-state index in [2.05, 4.69) is 27.4 Å². The number of aromatic nitrogens is 2. The summed E-state index contributed by atoms with van der Waals surface area (Å²) in [7, 11) is 4.04. The molecule has 0 spiro atoms. The van der Waals surface area contributed by atoms with Crippen LogP contribution in [0, 0.1) is 0 Å². The molecule has 1 fully saturated rings. The van der Waals surface area contributed by atoms with Crippen LogP contribution in [0.15, 0.2) is 4.52 Å². The summed E-state index contributed by atoms with van der Waals surface area (Å²) in [5.74, 6) is 1.96. The van der Waals surface area contributed by atoms with Gasteiger partial charge in [-0.1, -0.05) is 5.16 Å². The highest BCUT2D eigenvalue weighted by atomic mass is 16.5. The van der Waals surface area contributed by atoms with Crippen LogP contribution in [0.5, 0.6) is 0 Å². The molecule has 0 radical (unpaired) electrons. The molecule has 0 aromatic carbocycles. The molecule has 16 heavy (non-hydrogen) atoms. The number of likely N-dealkylation sites (N-methyl/N-ethyl adjacent to an activating group) is 1. The molecular weight excluding hydrogens is 204 g/mol. The van der Waals surface area contributed by atoms with Gasteiger partial charge in [0.2, 0.25) is 5.89 Å². The van der Waals surface area contributed by atoms with Gasteiger partial charge in [0.25, 0.3) is 0 Å². The Morgan fingerprint density at radius 1 is 1.56 bits per heavy atom. The highest BCUT2D eigenvalue weighted by molar-refractivity contribution is 4.99. The summed E-state index contributed by atoms with van der Waals surface area (Å²) in [6.45, 7) is 4.22. The Bertz CT molecular complexity index is 338. The zero-order valence-corrected chi connectivity index (χ0v) is 10.2. The Balaban J connectivity index is 2.06. The number of hydrogen-bond donors (Lipinski definition) is 1. The summed E-state index contributed by atoms with van der Waals surface area (Å²) >= 11 is 0. The Hall–Kier alpha value is -0.940. The molecular formula is C11H20N4O. The van der Waals surface area contributed by atoms with E-state index in [1.807, 2.05) is 14.0 Å². The third-order valence-corrected chi connectivity index (χ3v) is 3.25. The highest BCUT2D eigenvalue weighted by Crippen LogP contribution is 2.25. The van der Waals surface area contributed by atoms with Gasteiger partial charge in [0.05, 0.1) is 12.0 Å². The second-order valence-corrected chi connectivity index (χ2v) is 4.60. The van der Waals surface area contributed by atoms with Gasteiger partial charge in [-0.2, -0.15) is 4.98 Å². The van der Waals surface area contributed by atoms with E-state index >= 15 is 0 Å². The summed E-state index contributed by atoms with van der Waals surface area (Å²) in [5.41, 5.74) is 0. The van der Waals surface area contributed by atoms with E-state index in [0.717, 1.165) is 24.7 Å². The first-order valence-electron chi connectivity index (χ1n) is 5.90. The molecule has 2 rings (SSSR count). The van der Waals surface area contributed by atoms with Crippen molar-refractivity contribution in [2.45, 2.75) is 31.7 Å². The minimum absolute atomic E-state index is 0.152. The van der Waals surface area contributed by atoms with Gasteiger partial charge in [-0.3, -0.25) is 0 Å². The largest absolute Gasteiger partial charge is 0.339 e. The lowest BCUT2D eigenvalue weighted by molar-refractivity contribution is 0.219. The molecule has 0 amide bonds. The zero-order chi connectivity index (χ0) is 11.5. The molecule has 5 heteroatoms. The molecule has 1 aromatic rings. The van der Waals surface area contributed by atoms with Crippen LogP contribution in [0.25, 0.3) is 0 Å². The number of likely N-dealkylation sites (tertiary alicyclic amines) is 1. The number of hydrogen-bond acceptors (Lipinski definition) is 5. The first-order chi connectivity index (χ1) is 7.70. The Morgan fingerprint density at radius 2 is 2.38 bits per heavy atom. The predicted octanol–water partition coefficient (Wildman–Crippen LogP) is 1.16. The monoisotopic (exact) mass is 224 g/mol. The van der Waals surface area contributed by atoms with Crippen molar-refractivity contribution in [1.82, 2.24) is 20.4 Å². The molecule has 2 unspecified atom stereocenters. The fourth-order valence-electron chi connectivity index (χ4n) is 2.09. The predicted molar refractivity (Wildman–Crippen MR) is 61.2 cm³/mol. The van der Waals surface area contributed by atoms with E-state index in [9.17, 15) is 0 Å². The lowest BCUT2D eigenvalue weighted by atomic mass is 9.98. The van der Waals surface area contributed by atoms with Crippen LogP contribution < -0.4 is 5.32 Å². The molecule has 2 atom stereocenters. The number of nitrogens with one attached hydrogen (secondary N) is 1. The molecule has 2 heterocycles. The minimum atomic E-state index is 0.152. The maximum absolute atomic E-state index is 5.35. The van der Waals surface area contributed by atoms with Crippen LogP contribution in [-0.2, 0) is 0 Å². The summed E-state index contributed by atoms with van der Waals surface area (Å²) in [4.78, 5) is 6.79. The van der Waals surface area contributed by atoms with E-state index in [1.165, 1.54) is 13.0 Å². The quantitative estimate of drug-likeness (QED) is 0.835. The Kier molecular flexibility index (Phi) is 3.56. The van der Waals surface area contributed by atoms with Gasteiger partial charge in [0, 0.05) is 6.54 Å². The lowest BCUT2D eigenvalue weighted by Gasteiger charge is -2.27. The molecule has 1 aromatic heterocycles. The van der Waals surface area contributed by atoms with Gasteiger partial charge in [-0.15, -0.1) is 0 Å². The first kappa shape index (κ1) is 11.5. The van der Waals surface area contributed by atoms with Crippen LogP contribution >= 0.6 is 0 Å². The SMILES string of the molecule is CNC(C)c1noc(C2CCCN(C)C2)n1. The van der Waals surface area contributed by atoms with Gasteiger partial charge in [-0.05, 0) is 40.4 Å². The van der Waals surface area contributed by atoms with Gasteiger partial charge in [0.15, 0.2) is 5.82 Å².